The van der Waals surface area contributed by atoms with Gasteiger partial charge < -0.3 is 24.1 Å². The van der Waals surface area contributed by atoms with Gasteiger partial charge in [0.25, 0.3) is 6.48 Å². The second-order valence-corrected chi connectivity index (χ2v) is 4.10. The summed E-state index contributed by atoms with van der Waals surface area (Å²) in [6, 6.07) is 0. The SMILES string of the molecule is B[C@]1(F)O[C@H](CO)C2OC(OC)O[C@]21C#CCl. The van der Waals surface area contributed by atoms with E-state index in [1.165, 1.54) is 7.11 Å². The Labute approximate surface area is 104 Å². The average Bonchev–Trinajstić information content (AvgIpc) is 2.74. The highest BCUT2D eigenvalue weighted by Crippen LogP contribution is 2.48. The molecule has 2 unspecified atom stereocenters. The Kier molecular flexibility index (Phi) is 3.38. The number of methoxy groups -OCH3 is 1. The predicted molar refractivity (Wildman–Crippen MR) is 57.5 cm³/mol. The van der Waals surface area contributed by atoms with Crippen LogP contribution in [0, 0.1) is 11.3 Å². The summed E-state index contributed by atoms with van der Waals surface area (Å²) in [4.78, 5) is 0. The topological polar surface area (TPSA) is 57.2 Å². The zero-order valence-electron chi connectivity index (χ0n) is 9.28. The predicted octanol–water partition coefficient (Wildman–Crippen LogP) is -1.08. The fourth-order valence-electron chi connectivity index (χ4n) is 2.12. The number of aliphatic hydroxyl groups is 1. The minimum absolute atomic E-state index is 0.421. The maximum Gasteiger partial charge on any atom is 0.273 e. The van der Waals surface area contributed by atoms with Crippen molar-refractivity contribution in [2.75, 3.05) is 13.7 Å². The number of aliphatic hydroxyl groups excluding tert-OH is 1. The first-order chi connectivity index (χ1) is 8.00. The van der Waals surface area contributed by atoms with Crippen LogP contribution in [-0.4, -0.2) is 56.7 Å². The van der Waals surface area contributed by atoms with Crippen LogP contribution < -0.4 is 0 Å². The fraction of sp³-hybridized carbons (Fsp3) is 0.778. The molecule has 2 aliphatic rings. The van der Waals surface area contributed by atoms with Gasteiger partial charge in [-0.25, -0.2) is 4.39 Å². The van der Waals surface area contributed by atoms with Crippen molar-refractivity contribution in [1.29, 1.82) is 0 Å². The van der Waals surface area contributed by atoms with E-state index in [0.717, 1.165) is 7.85 Å². The van der Waals surface area contributed by atoms with Crippen LogP contribution in [0.15, 0.2) is 0 Å². The molecule has 17 heavy (non-hydrogen) atoms. The molecule has 0 aromatic heterocycles. The summed E-state index contributed by atoms with van der Waals surface area (Å²) in [6.07, 6.45) is -1.79. The lowest BCUT2D eigenvalue weighted by Crippen LogP contribution is -2.52. The van der Waals surface area contributed by atoms with Gasteiger partial charge in [0.1, 0.15) is 12.2 Å². The quantitative estimate of drug-likeness (QED) is 0.508. The van der Waals surface area contributed by atoms with Crippen LogP contribution in [0.4, 0.5) is 4.39 Å². The molecular weight excluding hydrogens is 253 g/mol. The zero-order valence-corrected chi connectivity index (χ0v) is 10.0. The molecule has 1 N–H and O–H groups in total. The number of hydrogen-bond donors (Lipinski definition) is 1. The van der Waals surface area contributed by atoms with E-state index < -0.39 is 36.6 Å². The molecule has 0 aromatic carbocycles. The van der Waals surface area contributed by atoms with Crippen molar-refractivity contribution in [2.45, 2.75) is 30.0 Å². The van der Waals surface area contributed by atoms with Gasteiger partial charge in [0.2, 0.25) is 11.4 Å². The van der Waals surface area contributed by atoms with Gasteiger partial charge in [-0.3, -0.25) is 0 Å². The van der Waals surface area contributed by atoms with E-state index in [-0.39, 0.29) is 0 Å². The molecule has 2 aliphatic heterocycles. The molecule has 0 aliphatic carbocycles. The molecule has 2 heterocycles. The van der Waals surface area contributed by atoms with Crippen molar-refractivity contribution in [3.05, 3.63) is 0 Å². The minimum Gasteiger partial charge on any atom is -0.394 e. The average molecular weight is 264 g/mol. The van der Waals surface area contributed by atoms with Crippen LogP contribution in [0.2, 0.25) is 0 Å². The summed E-state index contributed by atoms with van der Waals surface area (Å²) in [6.45, 7) is -1.49. The van der Waals surface area contributed by atoms with Crippen molar-refractivity contribution in [3.63, 3.8) is 0 Å². The Balaban J connectivity index is 2.41. The summed E-state index contributed by atoms with van der Waals surface area (Å²) in [5.74, 6) is 0.166. The van der Waals surface area contributed by atoms with Gasteiger partial charge in [0, 0.05) is 12.5 Å². The first-order valence-corrected chi connectivity index (χ1v) is 5.35. The molecular formula is C9H11BClFO5. The van der Waals surface area contributed by atoms with E-state index in [0.29, 0.717) is 0 Å². The first kappa shape index (κ1) is 13.1. The molecule has 0 spiro atoms. The molecule has 0 amide bonds. The number of halogens is 2. The molecule has 0 radical (unpaired) electrons. The third-order valence-electron chi connectivity index (χ3n) is 2.92. The van der Waals surface area contributed by atoms with Gasteiger partial charge in [0.05, 0.1) is 6.61 Å². The normalized spacial score (nSPS) is 48.6. The molecule has 5 atom stereocenters. The lowest BCUT2D eigenvalue weighted by molar-refractivity contribution is -0.276. The number of ether oxygens (including phenoxy) is 4. The van der Waals surface area contributed by atoms with Gasteiger partial charge in [0.15, 0.2) is 7.85 Å². The number of fused-ring (bicyclic) bond motifs is 1. The number of hydrogen-bond acceptors (Lipinski definition) is 5. The Morgan fingerprint density at radius 1 is 1.59 bits per heavy atom. The van der Waals surface area contributed by atoms with Crippen LogP contribution in [0.25, 0.3) is 0 Å². The number of rotatable bonds is 2. The van der Waals surface area contributed by atoms with Crippen LogP contribution in [0.5, 0.6) is 0 Å². The van der Waals surface area contributed by atoms with E-state index >= 15 is 0 Å². The van der Waals surface area contributed by atoms with Crippen LogP contribution >= 0.6 is 11.6 Å². The van der Waals surface area contributed by atoms with Crippen molar-refractivity contribution in [2.24, 2.45) is 0 Å². The summed E-state index contributed by atoms with van der Waals surface area (Å²) in [5.41, 5.74) is -1.69. The third kappa shape index (κ3) is 1.76. The molecule has 94 valence electrons. The summed E-state index contributed by atoms with van der Waals surface area (Å²) < 4.78 is 34.9. The Bertz CT molecular complexity index is 370. The molecule has 2 rings (SSSR count). The van der Waals surface area contributed by atoms with Crippen LogP contribution in [0.3, 0.4) is 0 Å². The first-order valence-electron chi connectivity index (χ1n) is 4.97. The second kappa shape index (κ2) is 4.39. The van der Waals surface area contributed by atoms with E-state index in [1.807, 2.05) is 0 Å². The van der Waals surface area contributed by atoms with E-state index in [1.54, 1.807) is 0 Å². The van der Waals surface area contributed by atoms with Crippen molar-refractivity contribution < 1.29 is 28.4 Å². The minimum atomic E-state index is -2.25. The van der Waals surface area contributed by atoms with Gasteiger partial charge in [-0.15, -0.1) is 0 Å². The summed E-state index contributed by atoms with van der Waals surface area (Å²) in [7, 11) is 2.50. The molecule has 0 bridgehead atoms. The van der Waals surface area contributed by atoms with Gasteiger partial charge in [-0.2, -0.15) is 0 Å². The zero-order chi connectivity index (χ0) is 12.7. The van der Waals surface area contributed by atoms with E-state index in [4.69, 9.17) is 35.7 Å². The molecule has 0 saturated carbocycles. The van der Waals surface area contributed by atoms with Crippen LogP contribution in [-0.2, 0) is 18.9 Å². The molecule has 0 aromatic rings. The molecule has 2 fully saturated rings. The molecule has 8 heteroatoms. The highest BCUT2D eigenvalue weighted by Gasteiger charge is 2.70. The molecule has 5 nitrogen and oxygen atoms in total. The fourth-order valence-corrected chi connectivity index (χ4v) is 2.26. The largest absolute Gasteiger partial charge is 0.394 e. The maximum atomic E-state index is 14.4. The highest BCUT2D eigenvalue weighted by molar-refractivity contribution is 6.30. The van der Waals surface area contributed by atoms with Crippen molar-refractivity contribution in [3.8, 4) is 11.3 Å². The van der Waals surface area contributed by atoms with Crippen molar-refractivity contribution >= 4 is 19.4 Å². The Morgan fingerprint density at radius 2 is 2.29 bits per heavy atom. The van der Waals surface area contributed by atoms with E-state index in [9.17, 15) is 4.39 Å². The Morgan fingerprint density at radius 3 is 2.82 bits per heavy atom. The number of alkyl halides is 1. The highest BCUT2D eigenvalue weighted by atomic mass is 35.5. The monoisotopic (exact) mass is 264 g/mol. The van der Waals surface area contributed by atoms with Gasteiger partial charge >= 0.3 is 0 Å². The molecule has 2 saturated heterocycles. The maximum absolute atomic E-state index is 14.4. The lowest BCUT2D eigenvalue weighted by Gasteiger charge is -2.29. The van der Waals surface area contributed by atoms with Crippen LogP contribution in [0.1, 0.15) is 0 Å². The summed E-state index contributed by atoms with van der Waals surface area (Å²) >= 11 is 5.33. The standard InChI is InChI=1S/C9H11BClFO5/c1-14-7-15-6-5(4-13)16-9(10,12)8(6,17-7)2-3-11/h5-7,13H,4,10H2,1H3/t5-,6?,7?,8-,9-/m1/s1. The summed E-state index contributed by atoms with van der Waals surface area (Å²) in [5, 5.41) is 11.2. The van der Waals surface area contributed by atoms with Gasteiger partial charge in [-0.1, -0.05) is 0 Å². The van der Waals surface area contributed by atoms with Gasteiger partial charge in [-0.05, 0) is 17.5 Å². The third-order valence-corrected chi connectivity index (χ3v) is 3.01. The van der Waals surface area contributed by atoms with E-state index in [2.05, 4.69) is 11.3 Å². The smallest absolute Gasteiger partial charge is 0.273 e. The van der Waals surface area contributed by atoms with Crippen molar-refractivity contribution in [1.82, 2.24) is 0 Å². The Hall–Kier alpha value is -0.355. The lowest BCUT2D eigenvalue weighted by atomic mass is 9.78. The second-order valence-electron chi connectivity index (χ2n) is 3.91.